The molecule has 0 unspecified atom stereocenters. The van der Waals surface area contributed by atoms with Crippen LogP contribution in [-0.2, 0) is 9.47 Å². The molecule has 4 heteroatoms. The van der Waals surface area contributed by atoms with Gasteiger partial charge in [0.05, 0.1) is 7.11 Å². The Bertz CT molecular complexity index is 372. The number of pyridine rings is 1. The molecule has 0 bridgehead atoms. The average molecular weight is 221 g/mol. The van der Waals surface area contributed by atoms with E-state index in [0.717, 1.165) is 31.6 Å². The van der Waals surface area contributed by atoms with Gasteiger partial charge in [-0.3, -0.25) is 0 Å². The van der Waals surface area contributed by atoms with Gasteiger partial charge in [-0.2, -0.15) is 0 Å². The minimum Gasteiger partial charge on any atom is -0.464 e. The van der Waals surface area contributed by atoms with Crippen LogP contribution in [0.5, 0.6) is 0 Å². The third kappa shape index (κ3) is 2.39. The first kappa shape index (κ1) is 11.1. The number of ether oxygens (including phenoxy) is 2. The number of hydrogen-bond donors (Lipinski definition) is 0. The largest absolute Gasteiger partial charge is 0.464 e. The van der Waals surface area contributed by atoms with Crippen LogP contribution in [0.3, 0.4) is 0 Å². The molecular weight excluding hydrogens is 206 g/mol. The monoisotopic (exact) mass is 221 g/mol. The van der Waals surface area contributed by atoms with E-state index < -0.39 is 0 Å². The van der Waals surface area contributed by atoms with Gasteiger partial charge in [-0.1, -0.05) is 0 Å². The molecule has 1 aliphatic rings. The van der Waals surface area contributed by atoms with Gasteiger partial charge in [0, 0.05) is 19.4 Å². The summed E-state index contributed by atoms with van der Waals surface area (Å²) in [6.07, 6.45) is 3.67. The molecule has 1 aliphatic heterocycles. The minimum atomic E-state index is -0.381. The van der Waals surface area contributed by atoms with Gasteiger partial charge in [-0.05, 0) is 36.5 Å². The Balaban J connectivity index is 2.17. The Hall–Kier alpha value is -1.42. The van der Waals surface area contributed by atoms with Gasteiger partial charge in [0.25, 0.3) is 0 Å². The number of esters is 1. The molecule has 1 saturated heterocycles. The van der Waals surface area contributed by atoms with Crippen LogP contribution in [0, 0.1) is 0 Å². The van der Waals surface area contributed by atoms with E-state index in [0.29, 0.717) is 11.6 Å². The average Bonchev–Trinajstić information content (AvgIpc) is 2.39. The summed E-state index contributed by atoms with van der Waals surface area (Å²) >= 11 is 0. The molecule has 0 amide bonds. The zero-order valence-corrected chi connectivity index (χ0v) is 9.31. The molecule has 16 heavy (non-hydrogen) atoms. The first-order valence-corrected chi connectivity index (χ1v) is 5.43. The van der Waals surface area contributed by atoms with E-state index in [-0.39, 0.29) is 5.97 Å². The smallest absolute Gasteiger partial charge is 0.356 e. The van der Waals surface area contributed by atoms with E-state index in [4.69, 9.17) is 4.74 Å². The van der Waals surface area contributed by atoms with Crippen molar-refractivity contribution in [1.82, 2.24) is 4.98 Å². The fourth-order valence-electron chi connectivity index (χ4n) is 1.95. The molecule has 1 fully saturated rings. The third-order valence-corrected chi connectivity index (χ3v) is 2.87. The van der Waals surface area contributed by atoms with Crippen molar-refractivity contribution in [2.75, 3.05) is 20.3 Å². The Morgan fingerprint density at radius 2 is 2.25 bits per heavy atom. The molecule has 86 valence electrons. The lowest BCUT2D eigenvalue weighted by Crippen LogP contribution is -2.15. The highest BCUT2D eigenvalue weighted by Gasteiger charge is 2.17. The minimum absolute atomic E-state index is 0.381. The lowest BCUT2D eigenvalue weighted by molar-refractivity contribution is 0.0593. The molecule has 0 atom stereocenters. The number of carbonyl (C=O) groups excluding carboxylic acids is 1. The number of methoxy groups -OCH3 is 1. The molecule has 2 rings (SSSR count). The fourth-order valence-corrected chi connectivity index (χ4v) is 1.95. The predicted molar refractivity (Wildman–Crippen MR) is 58.4 cm³/mol. The molecule has 1 aromatic heterocycles. The highest BCUT2D eigenvalue weighted by atomic mass is 16.5. The van der Waals surface area contributed by atoms with Crippen LogP contribution in [0.4, 0.5) is 0 Å². The summed E-state index contributed by atoms with van der Waals surface area (Å²) in [4.78, 5) is 15.3. The normalized spacial score (nSPS) is 17.1. The molecule has 0 saturated carbocycles. The van der Waals surface area contributed by atoms with Crippen LogP contribution < -0.4 is 0 Å². The van der Waals surface area contributed by atoms with Gasteiger partial charge in [-0.15, -0.1) is 0 Å². The van der Waals surface area contributed by atoms with E-state index in [1.807, 2.05) is 12.1 Å². The summed E-state index contributed by atoms with van der Waals surface area (Å²) in [5.74, 6) is 0.0917. The Kier molecular flexibility index (Phi) is 3.51. The van der Waals surface area contributed by atoms with Crippen molar-refractivity contribution in [3.8, 4) is 0 Å². The van der Waals surface area contributed by atoms with Crippen LogP contribution in [0.1, 0.15) is 34.8 Å². The molecule has 0 N–H and O–H groups in total. The van der Waals surface area contributed by atoms with E-state index in [1.165, 1.54) is 7.11 Å². The van der Waals surface area contributed by atoms with E-state index >= 15 is 0 Å². The first-order valence-electron chi connectivity index (χ1n) is 5.43. The maximum Gasteiger partial charge on any atom is 0.356 e. The lowest BCUT2D eigenvalue weighted by atomic mass is 9.92. The van der Waals surface area contributed by atoms with Crippen LogP contribution in [-0.4, -0.2) is 31.3 Å². The zero-order chi connectivity index (χ0) is 11.4. The molecule has 0 radical (unpaired) electrons. The summed E-state index contributed by atoms with van der Waals surface area (Å²) in [6.45, 7) is 1.58. The number of hydrogen-bond acceptors (Lipinski definition) is 4. The quantitative estimate of drug-likeness (QED) is 0.714. The molecule has 2 heterocycles. The highest BCUT2D eigenvalue weighted by molar-refractivity contribution is 5.87. The van der Waals surface area contributed by atoms with Gasteiger partial charge >= 0.3 is 5.97 Å². The van der Waals surface area contributed by atoms with Gasteiger partial charge in [0.15, 0.2) is 0 Å². The standard InChI is InChI=1S/C12H15NO3/c1-15-12(14)11-8-10(2-5-13-11)9-3-6-16-7-4-9/h2,5,8-9H,3-4,6-7H2,1H3. The summed E-state index contributed by atoms with van der Waals surface area (Å²) in [5.41, 5.74) is 1.53. The van der Waals surface area contributed by atoms with Crippen molar-refractivity contribution in [2.45, 2.75) is 18.8 Å². The van der Waals surface area contributed by atoms with Crippen LogP contribution in [0.2, 0.25) is 0 Å². The zero-order valence-electron chi connectivity index (χ0n) is 9.31. The Morgan fingerprint density at radius 1 is 1.50 bits per heavy atom. The van der Waals surface area contributed by atoms with E-state index in [1.54, 1.807) is 6.20 Å². The summed E-state index contributed by atoms with van der Waals surface area (Å²) < 4.78 is 9.97. The molecular formula is C12H15NO3. The van der Waals surface area contributed by atoms with Crippen molar-refractivity contribution in [2.24, 2.45) is 0 Å². The number of carbonyl (C=O) groups is 1. The number of nitrogens with zero attached hydrogens (tertiary/aromatic N) is 1. The topological polar surface area (TPSA) is 48.4 Å². The fraction of sp³-hybridized carbons (Fsp3) is 0.500. The second-order valence-electron chi connectivity index (χ2n) is 3.85. The van der Waals surface area contributed by atoms with Crippen molar-refractivity contribution in [3.63, 3.8) is 0 Å². The second-order valence-corrected chi connectivity index (χ2v) is 3.85. The summed E-state index contributed by atoms with van der Waals surface area (Å²) in [5, 5.41) is 0. The highest BCUT2D eigenvalue weighted by Crippen LogP contribution is 2.26. The van der Waals surface area contributed by atoms with Crippen molar-refractivity contribution < 1.29 is 14.3 Å². The van der Waals surface area contributed by atoms with E-state index in [2.05, 4.69) is 9.72 Å². The van der Waals surface area contributed by atoms with Crippen molar-refractivity contribution >= 4 is 5.97 Å². The SMILES string of the molecule is COC(=O)c1cc(C2CCOCC2)ccn1. The van der Waals surface area contributed by atoms with Crippen molar-refractivity contribution in [3.05, 3.63) is 29.6 Å². The molecule has 0 aromatic carbocycles. The van der Waals surface area contributed by atoms with Gasteiger partial charge < -0.3 is 9.47 Å². The Labute approximate surface area is 94.6 Å². The number of rotatable bonds is 2. The van der Waals surface area contributed by atoms with Crippen LogP contribution in [0.15, 0.2) is 18.3 Å². The van der Waals surface area contributed by atoms with Crippen LogP contribution >= 0.6 is 0 Å². The third-order valence-electron chi connectivity index (χ3n) is 2.87. The number of aromatic nitrogens is 1. The van der Waals surface area contributed by atoms with Crippen molar-refractivity contribution in [1.29, 1.82) is 0 Å². The van der Waals surface area contributed by atoms with Gasteiger partial charge in [0.1, 0.15) is 5.69 Å². The Morgan fingerprint density at radius 3 is 2.94 bits per heavy atom. The molecule has 0 spiro atoms. The lowest BCUT2D eigenvalue weighted by Gasteiger charge is -2.22. The maximum absolute atomic E-state index is 11.3. The molecule has 4 nitrogen and oxygen atoms in total. The van der Waals surface area contributed by atoms with Gasteiger partial charge in [-0.25, -0.2) is 9.78 Å². The first-order chi connectivity index (χ1) is 7.81. The second kappa shape index (κ2) is 5.07. The molecule has 0 aliphatic carbocycles. The summed E-state index contributed by atoms with van der Waals surface area (Å²) in [7, 11) is 1.37. The van der Waals surface area contributed by atoms with E-state index in [9.17, 15) is 4.79 Å². The van der Waals surface area contributed by atoms with Gasteiger partial charge in [0.2, 0.25) is 0 Å². The van der Waals surface area contributed by atoms with Crippen LogP contribution in [0.25, 0.3) is 0 Å². The predicted octanol–water partition coefficient (Wildman–Crippen LogP) is 1.76. The summed E-state index contributed by atoms with van der Waals surface area (Å²) in [6, 6.07) is 3.78. The maximum atomic E-state index is 11.3. The molecule has 1 aromatic rings.